The van der Waals surface area contributed by atoms with E-state index in [1.54, 1.807) is 21.3 Å². The number of benzene rings is 2. The maximum atomic E-state index is 11.4. The summed E-state index contributed by atoms with van der Waals surface area (Å²) in [4.78, 5) is 11.4. The Morgan fingerprint density at radius 3 is 2.33 bits per heavy atom. The summed E-state index contributed by atoms with van der Waals surface area (Å²) in [6.45, 7) is 1.49. The van der Waals surface area contributed by atoms with Crippen LogP contribution in [0.1, 0.15) is 18.1 Å². The fraction of sp³-hybridized carbons (Fsp3) is 0.316. The van der Waals surface area contributed by atoms with Gasteiger partial charge in [0.1, 0.15) is 17.2 Å². The molecule has 0 atom stereocenters. The summed E-state index contributed by atoms with van der Waals surface area (Å²) < 4.78 is 16.2. The lowest BCUT2D eigenvalue weighted by molar-refractivity contribution is -0.114. The van der Waals surface area contributed by atoms with Gasteiger partial charge in [-0.25, -0.2) is 0 Å². The summed E-state index contributed by atoms with van der Waals surface area (Å²) in [5, 5.41) is 2.86. The van der Waals surface area contributed by atoms with Crippen LogP contribution in [0.4, 0.5) is 5.69 Å². The molecule has 0 aliphatic heterocycles. The average Bonchev–Trinajstić information content (AvgIpc) is 2.59. The van der Waals surface area contributed by atoms with Gasteiger partial charge < -0.3 is 19.5 Å². The van der Waals surface area contributed by atoms with Crippen molar-refractivity contribution >= 4 is 11.6 Å². The van der Waals surface area contributed by atoms with Crippen molar-refractivity contribution in [1.29, 1.82) is 0 Å². The Bertz CT molecular complexity index is 713. The second-order valence-electron chi connectivity index (χ2n) is 5.35. The first-order valence-electron chi connectivity index (χ1n) is 7.73. The summed E-state index contributed by atoms with van der Waals surface area (Å²) in [7, 11) is 4.92. The zero-order chi connectivity index (χ0) is 17.5. The van der Waals surface area contributed by atoms with Crippen LogP contribution >= 0.6 is 0 Å². The van der Waals surface area contributed by atoms with Crippen molar-refractivity contribution in [2.24, 2.45) is 0 Å². The molecule has 0 spiro atoms. The number of rotatable bonds is 7. The molecule has 5 nitrogen and oxygen atoms in total. The number of methoxy groups -OCH3 is 3. The van der Waals surface area contributed by atoms with E-state index >= 15 is 0 Å². The molecular weight excluding hydrogens is 306 g/mol. The van der Waals surface area contributed by atoms with Crippen LogP contribution in [0.3, 0.4) is 0 Å². The molecule has 0 aliphatic rings. The molecule has 2 aromatic carbocycles. The molecule has 0 radical (unpaired) electrons. The molecule has 0 heterocycles. The molecule has 24 heavy (non-hydrogen) atoms. The molecule has 1 amide bonds. The molecule has 0 fully saturated rings. The van der Waals surface area contributed by atoms with Gasteiger partial charge in [-0.1, -0.05) is 6.07 Å². The second kappa shape index (κ2) is 8.24. The summed E-state index contributed by atoms with van der Waals surface area (Å²) in [5.74, 6) is 2.24. The normalized spacial score (nSPS) is 10.2. The average molecular weight is 329 g/mol. The van der Waals surface area contributed by atoms with E-state index in [1.165, 1.54) is 6.92 Å². The zero-order valence-electron chi connectivity index (χ0n) is 14.5. The van der Waals surface area contributed by atoms with E-state index in [2.05, 4.69) is 5.32 Å². The fourth-order valence-electron chi connectivity index (χ4n) is 2.66. The van der Waals surface area contributed by atoms with Crippen LogP contribution in [0.5, 0.6) is 17.2 Å². The fourth-order valence-corrected chi connectivity index (χ4v) is 2.66. The Kier molecular flexibility index (Phi) is 6.07. The van der Waals surface area contributed by atoms with E-state index in [9.17, 15) is 4.79 Å². The second-order valence-corrected chi connectivity index (χ2v) is 5.35. The van der Waals surface area contributed by atoms with Crippen LogP contribution in [-0.2, 0) is 17.6 Å². The van der Waals surface area contributed by atoms with Crippen LogP contribution < -0.4 is 19.5 Å². The predicted octanol–water partition coefficient (Wildman–Crippen LogP) is 3.46. The Morgan fingerprint density at radius 1 is 0.958 bits per heavy atom. The van der Waals surface area contributed by atoms with Crippen LogP contribution in [0.15, 0.2) is 36.4 Å². The number of anilines is 1. The van der Waals surface area contributed by atoms with Gasteiger partial charge in [-0.05, 0) is 48.7 Å². The van der Waals surface area contributed by atoms with Gasteiger partial charge in [0, 0.05) is 18.2 Å². The van der Waals surface area contributed by atoms with E-state index in [1.807, 2.05) is 36.4 Å². The van der Waals surface area contributed by atoms with Gasteiger partial charge in [-0.3, -0.25) is 4.79 Å². The standard InChI is InChI=1S/C19H23NO4/c1-13(21)20-17-6-5-7-19(24-4)16(17)10-8-14-12-15(22-2)9-11-18(14)23-3/h5-7,9,11-12H,8,10H2,1-4H3,(H,20,21). The molecule has 5 heteroatoms. The van der Waals surface area contributed by atoms with Crippen LogP contribution in [0.25, 0.3) is 0 Å². The largest absolute Gasteiger partial charge is 0.497 e. The minimum absolute atomic E-state index is 0.108. The zero-order valence-corrected chi connectivity index (χ0v) is 14.5. The molecule has 0 saturated heterocycles. The predicted molar refractivity (Wildman–Crippen MR) is 94.3 cm³/mol. The number of carbonyl (C=O) groups is 1. The monoisotopic (exact) mass is 329 g/mol. The number of nitrogens with one attached hydrogen (secondary N) is 1. The van der Waals surface area contributed by atoms with Crippen molar-refractivity contribution in [2.45, 2.75) is 19.8 Å². The van der Waals surface area contributed by atoms with E-state index in [4.69, 9.17) is 14.2 Å². The third kappa shape index (κ3) is 4.19. The Hall–Kier alpha value is -2.69. The maximum absolute atomic E-state index is 11.4. The Morgan fingerprint density at radius 2 is 1.71 bits per heavy atom. The van der Waals surface area contributed by atoms with Crippen molar-refractivity contribution in [1.82, 2.24) is 0 Å². The summed E-state index contributed by atoms with van der Waals surface area (Å²) in [6.07, 6.45) is 1.43. The van der Waals surface area contributed by atoms with Crippen molar-refractivity contribution in [3.8, 4) is 17.2 Å². The van der Waals surface area contributed by atoms with Gasteiger partial charge in [0.25, 0.3) is 0 Å². The SMILES string of the molecule is COc1ccc(OC)c(CCc2c(NC(C)=O)cccc2OC)c1. The van der Waals surface area contributed by atoms with E-state index in [0.29, 0.717) is 6.42 Å². The highest BCUT2D eigenvalue weighted by atomic mass is 16.5. The maximum Gasteiger partial charge on any atom is 0.221 e. The van der Waals surface area contributed by atoms with Gasteiger partial charge in [0.15, 0.2) is 0 Å². The minimum atomic E-state index is -0.108. The molecule has 0 saturated carbocycles. The van der Waals surface area contributed by atoms with Gasteiger partial charge in [0.2, 0.25) is 5.91 Å². The number of hydrogen-bond donors (Lipinski definition) is 1. The first-order valence-corrected chi connectivity index (χ1v) is 7.73. The summed E-state index contributed by atoms with van der Waals surface area (Å²) in [6, 6.07) is 11.4. The van der Waals surface area contributed by atoms with Crippen LogP contribution in [-0.4, -0.2) is 27.2 Å². The number of amides is 1. The quantitative estimate of drug-likeness (QED) is 0.845. The van der Waals surface area contributed by atoms with E-state index in [0.717, 1.165) is 40.5 Å². The Balaban J connectivity index is 2.30. The molecule has 0 aliphatic carbocycles. The summed E-state index contributed by atoms with van der Waals surface area (Å²) in [5.41, 5.74) is 2.76. The number of hydrogen-bond acceptors (Lipinski definition) is 4. The lowest BCUT2D eigenvalue weighted by Crippen LogP contribution is -2.09. The number of ether oxygens (including phenoxy) is 3. The smallest absolute Gasteiger partial charge is 0.221 e. The molecule has 128 valence electrons. The van der Waals surface area contributed by atoms with Crippen molar-refractivity contribution in [3.05, 3.63) is 47.5 Å². The molecular formula is C19H23NO4. The summed E-state index contributed by atoms with van der Waals surface area (Å²) >= 11 is 0. The van der Waals surface area contributed by atoms with Gasteiger partial charge in [-0.15, -0.1) is 0 Å². The first kappa shape index (κ1) is 17.7. The Labute approximate surface area is 142 Å². The molecule has 0 unspecified atom stereocenters. The van der Waals surface area contributed by atoms with Crippen molar-refractivity contribution in [2.75, 3.05) is 26.6 Å². The van der Waals surface area contributed by atoms with Crippen LogP contribution in [0, 0.1) is 0 Å². The van der Waals surface area contributed by atoms with E-state index < -0.39 is 0 Å². The third-order valence-corrected chi connectivity index (χ3v) is 3.80. The van der Waals surface area contributed by atoms with Gasteiger partial charge >= 0.3 is 0 Å². The molecule has 0 bridgehead atoms. The van der Waals surface area contributed by atoms with E-state index in [-0.39, 0.29) is 5.91 Å². The van der Waals surface area contributed by atoms with Crippen molar-refractivity contribution in [3.63, 3.8) is 0 Å². The highest BCUT2D eigenvalue weighted by Crippen LogP contribution is 2.30. The minimum Gasteiger partial charge on any atom is -0.497 e. The molecule has 0 aromatic heterocycles. The lowest BCUT2D eigenvalue weighted by Gasteiger charge is -2.15. The molecule has 2 aromatic rings. The highest BCUT2D eigenvalue weighted by molar-refractivity contribution is 5.90. The topological polar surface area (TPSA) is 56.8 Å². The first-order chi connectivity index (χ1) is 11.6. The molecule has 2 rings (SSSR count). The van der Waals surface area contributed by atoms with Gasteiger partial charge in [-0.2, -0.15) is 0 Å². The number of carbonyl (C=O) groups excluding carboxylic acids is 1. The third-order valence-electron chi connectivity index (χ3n) is 3.80. The highest BCUT2D eigenvalue weighted by Gasteiger charge is 2.12. The van der Waals surface area contributed by atoms with Gasteiger partial charge in [0.05, 0.1) is 21.3 Å². The van der Waals surface area contributed by atoms with Crippen molar-refractivity contribution < 1.29 is 19.0 Å². The van der Waals surface area contributed by atoms with Crippen LogP contribution in [0.2, 0.25) is 0 Å². The molecule has 1 N–H and O–H groups in total. The lowest BCUT2D eigenvalue weighted by atomic mass is 10.0. The number of aryl methyl sites for hydroxylation is 1.